The number of aliphatic hydroxyl groups is 1. The first kappa shape index (κ1) is 25.1. The molecule has 186 valence electrons. The van der Waals surface area contributed by atoms with Gasteiger partial charge < -0.3 is 9.84 Å². The Kier molecular flexibility index (Phi) is 6.69. The van der Waals surface area contributed by atoms with Gasteiger partial charge in [0.15, 0.2) is 5.82 Å². The largest absolute Gasteiger partial charge is 0.488 e. The normalized spacial score (nSPS) is 11.6. The predicted molar refractivity (Wildman–Crippen MR) is 131 cm³/mol. The Morgan fingerprint density at radius 1 is 1.06 bits per heavy atom. The molecule has 0 saturated heterocycles. The number of pyridine rings is 2. The Balaban J connectivity index is 1.70. The molecule has 3 heterocycles. The van der Waals surface area contributed by atoms with Crippen LogP contribution in [0.4, 0.5) is 8.78 Å². The first-order valence-corrected chi connectivity index (χ1v) is 11.3. The number of hydrogen-bond donors (Lipinski definition) is 1. The van der Waals surface area contributed by atoms with Crippen LogP contribution >= 0.6 is 0 Å². The highest BCUT2D eigenvalue weighted by Gasteiger charge is 2.22. The molecule has 9 heteroatoms. The van der Waals surface area contributed by atoms with Crippen LogP contribution in [0.3, 0.4) is 0 Å². The SMILES string of the molecule is Cc1cnc(C(C)(C)O)nc1-c1cc(-n2c(C)cc(OCc3ccc(F)cc3F)c(C)c2=O)ccn1. The summed E-state index contributed by atoms with van der Waals surface area (Å²) in [7, 11) is 0. The van der Waals surface area contributed by atoms with Crippen LogP contribution in [-0.4, -0.2) is 24.6 Å². The van der Waals surface area contributed by atoms with E-state index in [-0.39, 0.29) is 23.6 Å². The molecule has 4 rings (SSSR count). The Morgan fingerprint density at radius 2 is 1.81 bits per heavy atom. The van der Waals surface area contributed by atoms with Crippen molar-refractivity contribution >= 4 is 0 Å². The zero-order chi connectivity index (χ0) is 26.2. The smallest absolute Gasteiger partial charge is 0.261 e. The first-order chi connectivity index (χ1) is 17.0. The van der Waals surface area contributed by atoms with Crippen molar-refractivity contribution in [1.82, 2.24) is 19.5 Å². The van der Waals surface area contributed by atoms with Crippen molar-refractivity contribution in [1.29, 1.82) is 0 Å². The summed E-state index contributed by atoms with van der Waals surface area (Å²) in [5, 5.41) is 10.3. The second-order valence-corrected chi connectivity index (χ2v) is 9.12. The molecule has 0 saturated carbocycles. The highest BCUT2D eigenvalue weighted by molar-refractivity contribution is 5.61. The van der Waals surface area contributed by atoms with Gasteiger partial charge in [0.05, 0.1) is 22.6 Å². The number of rotatable bonds is 6. The number of benzene rings is 1. The molecule has 7 nitrogen and oxygen atoms in total. The van der Waals surface area contributed by atoms with Gasteiger partial charge in [-0.2, -0.15) is 0 Å². The molecular weight excluding hydrogens is 466 g/mol. The van der Waals surface area contributed by atoms with E-state index in [0.717, 1.165) is 17.7 Å². The number of aromatic nitrogens is 4. The summed E-state index contributed by atoms with van der Waals surface area (Å²) in [5.41, 5.74) is 1.99. The zero-order valence-electron chi connectivity index (χ0n) is 20.6. The third-order valence-corrected chi connectivity index (χ3v) is 5.75. The van der Waals surface area contributed by atoms with E-state index in [1.165, 1.54) is 10.6 Å². The lowest BCUT2D eigenvalue weighted by Crippen LogP contribution is -2.24. The number of aryl methyl sites for hydroxylation is 2. The molecule has 0 aliphatic carbocycles. The molecule has 0 radical (unpaired) electrons. The van der Waals surface area contributed by atoms with E-state index in [1.807, 2.05) is 6.92 Å². The molecule has 0 amide bonds. The predicted octanol–water partition coefficient (Wildman–Crippen LogP) is 4.70. The van der Waals surface area contributed by atoms with Crippen LogP contribution in [-0.2, 0) is 12.2 Å². The van der Waals surface area contributed by atoms with Crippen LogP contribution in [0.5, 0.6) is 5.75 Å². The average Bonchev–Trinajstić information content (AvgIpc) is 2.81. The van der Waals surface area contributed by atoms with Crippen molar-refractivity contribution in [2.24, 2.45) is 0 Å². The highest BCUT2D eigenvalue weighted by Crippen LogP contribution is 2.26. The maximum Gasteiger partial charge on any atom is 0.261 e. The minimum absolute atomic E-state index is 0.147. The van der Waals surface area contributed by atoms with Gasteiger partial charge in [-0.05, 0) is 64.4 Å². The second kappa shape index (κ2) is 9.58. The minimum atomic E-state index is -1.22. The van der Waals surface area contributed by atoms with Gasteiger partial charge in [-0.25, -0.2) is 18.7 Å². The molecule has 4 aromatic rings. The van der Waals surface area contributed by atoms with Gasteiger partial charge in [0, 0.05) is 35.8 Å². The Bertz CT molecular complexity index is 1510. The van der Waals surface area contributed by atoms with E-state index in [0.29, 0.717) is 34.1 Å². The topological polar surface area (TPSA) is 90.1 Å². The Morgan fingerprint density at radius 3 is 2.50 bits per heavy atom. The number of nitrogens with zero attached hydrogens (tertiary/aromatic N) is 4. The molecule has 36 heavy (non-hydrogen) atoms. The molecule has 0 unspecified atom stereocenters. The lowest BCUT2D eigenvalue weighted by Gasteiger charge is -2.18. The number of hydrogen-bond acceptors (Lipinski definition) is 6. The maximum absolute atomic E-state index is 14.0. The van der Waals surface area contributed by atoms with Crippen molar-refractivity contribution in [3.8, 4) is 22.8 Å². The summed E-state index contributed by atoms with van der Waals surface area (Å²) in [4.78, 5) is 26.5. The van der Waals surface area contributed by atoms with Crippen LogP contribution in [0.15, 0.2) is 53.6 Å². The van der Waals surface area contributed by atoms with Crippen molar-refractivity contribution in [3.63, 3.8) is 0 Å². The molecule has 1 N–H and O–H groups in total. The average molecular weight is 493 g/mol. The highest BCUT2D eigenvalue weighted by atomic mass is 19.1. The molecule has 1 aromatic carbocycles. The van der Waals surface area contributed by atoms with E-state index in [9.17, 15) is 18.7 Å². The molecule has 3 aromatic heterocycles. The van der Waals surface area contributed by atoms with Crippen LogP contribution in [0, 0.1) is 32.4 Å². The van der Waals surface area contributed by atoms with Gasteiger partial charge in [0.1, 0.15) is 29.6 Å². The van der Waals surface area contributed by atoms with Crippen molar-refractivity contribution in [2.45, 2.75) is 46.8 Å². The summed E-state index contributed by atoms with van der Waals surface area (Å²) in [6, 6.07) is 8.40. The van der Waals surface area contributed by atoms with E-state index >= 15 is 0 Å². The molecule has 0 aliphatic rings. The van der Waals surface area contributed by atoms with Gasteiger partial charge >= 0.3 is 0 Å². The fraction of sp³-hybridized carbons (Fsp3) is 0.259. The summed E-state index contributed by atoms with van der Waals surface area (Å²) in [6.07, 6.45) is 3.21. The van der Waals surface area contributed by atoms with Gasteiger partial charge in [0.2, 0.25) is 0 Å². The van der Waals surface area contributed by atoms with Crippen molar-refractivity contribution in [2.75, 3.05) is 0 Å². The maximum atomic E-state index is 14.0. The molecule has 0 spiro atoms. The number of ether oxygens (including phenoxy) is 1. The van der Waals surface area contributed by atoms with Gasteiger partial charge in [-0.1, -0.05) is 0 Å². The monoisotopic (exact) mass is 492 g/mol. The Hall–Kier alpha value is -3.98. The van der Waals surface area contributed by atoms with Crippen LogP contribution in [0.25, 0.3) is 17.1 Å². The third-order valence-electron chi connectivity index (χ3n) is 5.75. The standard InChI is InChI=1S/C27H26F2N4O3/c1-15-13-31-26(27(4,5)35)32-24(15)22-12-20(8-9-30-22)33-16(2)10-23(17(3)25(33)34)36-14-18-6-7-19(28)11-21(18)29/h6-13,35H,14H2,1-5H3. The lowest BCUT2D eigenvalue weighted by atomic mass is 10.1. The fourth-order valence-corrected chi connectivity index (χ4v) is 3.74. The van der Waals surface area contributed by atoms with Crippen molar-refractivity contribution < 1.29 is 18.6 Å². The third kappa shape index (κ3) is 5.01. The molecule has 0 fully saturated rings. The second-order valence-electron chi connectivity index (χ2n) is 9.12. The molecule has 0 bridgehead atoms. The summed E-state index contributed by atoms with van der Waals surface area (Å²) in [6.45, 7) is 8.28. The van der Waals surface area contributed by atoms with Gasteiger partial charge in [-0.3, -0.25) is 14.3 Å². The summed E-state index contributed by atoms with van der Waals surface area (Å²) >= 11 is 0. The first-order valence-electron chi connectivity index (χ1n) is 11.3. The molecule has 0 aliphatic heterocycles. The molecular formula is C27H26F2N4O3. The summed E-state index contributed by atoms with van der Waals surface area (Å²) in [5.74, 6) is -0.808. The minimum Gasteiger partial charge on any atom is -0.488 e. The molecule has 0 atom stereocenters. The van der Waals surface area contributed by atoms with Crippen LogP contribution < -0.4 is 10.3 Å². The van der Waals surface area contributed by atoms with Crippen molar-refractivity contribution in [3.05, 3.63) is 99.0 Å². The van der Waals surface area contributed by atoms with Gasteiger partial charge in [-0.15, -0.1) is 0 Å². The van der Waals surface area contributed by atoms with E-state index < -0.39 is 17.2 Å². The van der Waals surface area contributed by atoms with E-state index in [2.05, 4.69) is 15.0 Å². The lowest BCUT2D eigenvalue weighted by molar-refractivity contribution is 0.0688. The van der Waals surface area contributed by atoms with E-state index in [4.69, 9.17) is 4.74 Å². The Labute approximate surface area is 207 Å². The van der Waals surface area contributed by atoms with E-state index in [1.54, 1.807) is 58.3 Å². The zero-order valence-corrected chi connectivity index (χ0v) is 20.6. The van der Waals surface area contributed by atoms with Crippen LogP contribution in [0.2, 0.25) is 0 Å². The summed E-state index contributed by atoms with van der Waals surface area (Å²) < 4.78 is 34.4. The fourth-order valence-electron chi connectivity index (χ4n) is 3.74. The quantitative estimate of drug-likeness (QED) is 0.420. The van der Waals surface area contributed by atoms with Gasteiger partial charge in [0.25, 0.3) is 5.56 Å². The van der Waals surface area contributed by atoms with Crippen LogP contribution in [0.1, 0.15) is 42.1 Å². The number of halogens is 2.